The van der Waals surface area contributed by atoms with Gasteiger partial charge in [0.2, 0.25) is 0 Å². The number of nitrogens with one attached hydrogen (secondary N) is 3. The van der Waals surface area contributed by atoms with Crippen LogP contribution >= 0.6 is 15.9 Å². The van der Waals surface area contributed by atoms with Gasteiger partial charge in [0, 0.05) is 28.1 Å². The van der Waals surface area contributed by atoms with Crippen LogP contribution in [-0.2, 0) is 0 Å². The zero-order chi connectivity index (χ0) is 16.9. The maximum atomic E-state index is 12.1. The molecule has 2 amide bonds. The number of rotatable bonds is 4. The molecule has 8 heteroatoms. The summed E-state index contributed by atoms with van der Waals surface area (Å²) < 4.78 is 0.951. The molecule has 1 aromatic carbocycles. The van der Waals surface area contributed by atoms with Crippen LogP contribution in [0.5, 0.6) is 0 Å². The monoisotopic (exact) mass is 386 g/mol. The fraction of sp³-hybridized carbons (Fsp3) is 0.125. The van der Waals surface area contributed by atoms with Crippen molar-refractivity contribution in [1.29, 1.82) is 0 Å². The Hall–Kier alpha value is -2.74. The molecule has 0 saturated heterocycles. The predicted octanol–water partition coefficient (Wildman–Crippen LogP) is 3.51. The number of carbonyl (C=O) groups excluding carboxylic acids is 1. The lowest BCUT2D eigenvalue weighted by molar-refractivity contribution is 0.249. The molecule has 0 aliphatic rings. The Balaban J connectivity index is 1.62. The topological polar surface area (TPSA) is 95.6 Å². The van der Waals surface area contributed by atoms with Crippen LogP contribution in [0.25, 0.3) is 11.4 Å². The van der Waals surface area contributed by atoms with E-state index in [-0.39, 0.29) is 12.1 Å². The number of hydrogen-bond acceptors (Lipinski definition) is 4. The largest absolute Gasteiger partial charge is 0.328 e. The number of anilines is 1. The highest BCUT2D eigenvalue weighted by Crippen LogP contribution is 2.16. The lowest BCUT2D eigenvalue weighted by atomic mass is 10.2. The summed E-state index contributed by atoms with van der Waals surface area (Å²) >= 11 is 3.35. The molecule has 3 aromatic rings. The van der Waals surface area contributed by atoms with Crippen LogP contribution in [-0.4, -0.2) is 26.2 Å². The summed E-state index contributed by atoms with van der Waals surface area (Å²) in [4.78, 5) is 20.4. The third-order valence-corrected chi connectivity index (χ3v) is 3.83. The van der Waals surface area contributed by atoms with Crippen molar-refractivity contribution in [2.24, 2.45) is 0 Å². The van der Waals surface area contributed by atoms with Gasteiger partial charge in [-0.2, -0.15) is 5.10 Å². The summed E-state index contributed by atoms with van der Waals surface area (Å²) in [6.45, 7) is 1.83. The van der Waals surface area contributed by atoms with Gasteiger partial charge < -0.3 is 10.6 Å². The van der Waals surface area contributed by atoms with Crippen LogP contribution in [0, 0.1) is 0 Å². The molecule has 0 unspecified atom stereocenters. The zero-order valence-electron chi connectivity index (χ0n) is 12.8. The molecule has 0 aliphatic carbocycles. The van der Waals surface area contributed by atoms with E-state index in [4.69, 9.17) is 0 Å². The van der Waals surface area contributed by atoms with Crippen molar-refractivity contribution < 1.29 is 4.79 Å². The first-order valence-electron chi connectivity index (χ1n) is 7.27. The van der Waals surface area contributed by atoms with Crippen LogP contribution in [0.1, 0.15) is 18.8 Å². The molecule has 0 radical (unpaired) electrons. The summed E-state index contributed by atoms with van der Waals surface area (Å²) in [7, 11) is 0. The number of urea groups is 1. The van der Waals surface area contributed by atoms with Gasteiger partial charge in [-0.25, -0.2) is 9.78 Å². The normalized spacial score (nSPS) is 11.8. The second-order valence-electron chi connectivity index (χ2n) is 5.11. The van der Waals surface area contributed by atoms with Crippen molar-refractivity contribution in [2.45, 2.75) is 13.0 Å². The molecule has 122 valence electrons. The minimum atomic E-state index is -0.316. The Morgan fingerprint density at radius 3 is 2.58 bits per heavy atom. The van der Waals surface area contributed by atoms with Crippen molar-refractivity contribution in [3.63, 3.8) is 0 Å². The zero-order valence-corrected chi connectivity index (χ0v) is 14.4. The Morgan fingerprint density at radius 1 is 1.17 bits per heavy atom. The van der Waals surface area contributed by atoms with E-state index in [1.165, 1.54) is 0 Å². The highest BCUT2D eigenvalue weighted by molar-refractivity contribution is 9.10. The van der Waals surface area contributed by atoms with Crippen molar-refractivity contribution in [3.8, 4) is 11.4 Å². The van der Waals surface area contributed by atoms with Gasteiger partial charge in [0.1, 0.15) is 5.82 Å². The van der Waals surface area contributed by atoms with E-state index in [1.54, 1.807) is 12.4 Å². The van der Waals surface area contributed by atoms with E-state index in [0.29, 0.717) is 17.3 Å². The van der Waals surface area contributed by atoms with Gasteiger partial charge in [0.15, 0.2) is 5.82 Å². The molecule has 2 heterocycles. The molecule has 0 fully saturated rings. The number of amides is 2. The van der Waals surface area contributed by atoms with Crippen LogP contribution in [0.3, 0.4) is 0 Å². The molecule has 2 aromatic heterocycles. The molecule has 24 heavy (non-hydrogen) atoms. The first kappa shape index (κ1) is 16.1. The first-order valence-corrected chi connectivity index (χ1v) is 8.07. The quantitative estimate of drug-likeness (QED) is 0.639. The van der Waals surface area contributed by atoms with Gasteiger partial charge in [-0.15, -0.1) is 0 Å². The number of H-pyrrole nitrogens is 1. The van der Waals surface area contributed by atoms with Crippen molar-refractivity contribution >= 4 is 27.6 Å². The number of benzene rings is 1. The number of pyridine rings is 1. The number of nitrogens with zero attached hydrogens (tertiary/aromatic N) is 3. The smallest absolute Gasteiger partial charge is 0.319 e. The molecule has 0 bridgehead atoms. The van der Waals surface area contributed by atoms with Gasteiger partial charge in [0.25, 0.3) is 0 Å². The maximum Gasteiger partial charge on any atom is 0.319 e. The SMILES string of the molecule is C[C@H](NC(=O)Nc1ccc(Br)cc1)c1nc(-c2ccncc2)n[nH]1. The number of aromatic nitrogens is 4. The van der Waals surface area contributed by atoms with Crippen molar-refractivity contribution in [1.82, 2.24) is 25.5 Å². The van der Waals surface area contributed by atoms with Gasteiger partial charge in [0.05, 0.1) is 6.04 Å². The first-order chi connectivity index (χ1) is 11.6. The number of halogens is 1. The fourth-order valence-electron chi connectivity index (χ4n) is 2.06. The Kier molecular flexibility index (Phi) is 4.85. The van der Waals surface area contributed by atoms with E-state index in [2.05, 4.69) is 46.7 Å². The second kappa shape index (κ2) is 7.22. The summed E-state index contributed by atoms with van der Waals surface area (Å²) in [5.74, 6) is 1.14. The van der Waals surface area contributed by atoms with Crippen molar-refractivity contribution in [3.05, 3.63) is 59.1 Å². The molecule has 3 rings (SSSR count). The van der Waals surface area contributed by atoms with Crippen molar-refractivity contribution in [2.75, 3.05) is 5.32 Å². The second-order valence-corrected chi connectivity index (χ2v) is 6.02. The summed E-state index contributed by atoms with van der Waals surface area (Å²) in [5.41, 5.74) is 1.57. The number of hydrogen-bond donors (Lipinski definition) is 3. The molecule has 7 nitrogen and oxygen atoms in total. The molecule has 0 aliphatic heterocycles. The minimum Gasteiger partial charge on any atom is -0.328 e. The van der Waals surface area contributed by atoms with E-state index in [0.717, 1.165) is 10.0 Å². The lowest BCUT2D eigenvalue weighted by Gasteiger charge is -2.12. The standard InChI is InChI=1S/C16H15BrN6O/c1-10(19-16(24)20-13-4-2-12(17)3-5-13)14-21-15(23-22-14)11-6-8-18-9-7-11/h2-10H,1H3,(H2,19,20,24)(H,21,22,23)/t10-/m0/s1. The van der Waals surface area contributed by atoms with Gasteiger partial charge in [-0.05, 0) is 43.3 Å². The molecule has 1 atom stereocenters. The Labute approximate surface area is 147 Å². The highest BCUT2D eigenvalue weighted by atomic mass is 79.9. The maximum absolute atomic E-state index is 12.1. The molecular weight excluding hydrogens is 372 g/mol. The average Bonchev–Trinajstić information content (AvgIpc) is 3.08. The average molecular weight is 387 g/mol. The van der Waals surface area contributed by atoms with Gasteiger partial charge >= 0.3 is 6.03 Å². The predicted molar refractivity (Wildman–Crippen MR) is 94.3 cm³/mol. The molecule has 3 N–H and O–H groups in total. The Bertz CT molecular complexity index is 818. The Morgan fingerprint density at radius 2 is 1.88 bits per heavy atom. The van der Waals surface area contributed by atoms with Crippen LogP contribution in [0.15, 0.2) is 53.3 Å². The van der Waals surface area contributed by atoms with Gasteiger partial charge in [-0.1, -0.05) is 15.9 Å². The summed E-state index contributed by atoms with van der Waals surface area (Å²) in [6, 6.07) is 10.4. The molecule has 0 saturated carbocycles. The van der Waals surface area contributed by atoms with E-state index < -0.39 is 0 Å². The summed E-state index contributed by atoms with van der Waals surface area (Å²) in [5, 5.41) is 12.6. The number of aromatic amines is 1. The van der Waals surface area contributed by atoms with Crippen LogP contribution in [0.4, 0.5) is 10.5 Å². The number of carbonyl (C=O) groups is 1. The van der Waals surface area contributed by atoms with E-state index >= 15 is 0 Å². The molecular formula is C16H15BrN6O. The minimum absolute atomic E-state index is 0.313. The van der Waals surface area contributed by atoms with Crippen LogP contribution < -0.4 is 10.6 Å². The molecule has 0 spiro atoms. The third-order valence-electron chi connectivity index (χ3n) is 3.30. The van der Waals surface area contributed by atoms with E-state index in [1.807, 2.05) is 43.3 Å². The van der Waals surface area contributed by atoms with Gasteiger partial charge in [-0.3, -0.25) is 10.1 Å². The fourth-order valence-corrected chi connectivity index (χ4v) is 2.33. The lowest BCUT2D eigenvalue weighted by Crippen LogP contribution is -2.31. The highest BCUT2D eigenvalue weighted by Gasteiger charge is 2.14. The van der Waals surface area contributed by atoms with Crippen LogP contribution in [0.2, 0.25) is 0 Å². The van der Waals surface area contributed by atoms with E-state index in [9.17, 15) is 4.79 Å². The third kappa shape index (κ3) is 3.96. The summed E-state index contributed by atoms with van der Waals surface area (Å²) in [6.07, 6.45) is 3.36.